The number of fused-ring (bicyclic) bond motifs is 2. The Bertz CT molecular complexity index is 462. The molecule has 0 atom stereocenters. The van der Waals surface area contributed by atoms with Crippen molar-refractivity contribution in [3.05, 3.63) is 48.5 Å². The second-order valence-electron chi connectivity index (χ2n) is 3.84. The molecule has 0 saturated heterocycles. The van der Waals surface area contributed by atoms with Crippen LogP contribution in [0, 0.1) is 0 Å². The van der Waals surface area contributed by atoms with Crippen LogP contribution in [-0.4, -0.2) is 8.80 Å². The molecule has 2 heteroatoms. The molecule has 3 rings (SSSR count). The summed E-state index contributed by atoms with van der Waals surface area (Å²) < 4.78 is 0. The summed E-state index contributed by atoms with van der Waals surface area (Å²) >= 11 is 0. The minimum atomic E-state index is -0.569. The highest BCUT2D eigenvalue weighted by molar-refractivity contribution is 6.87. The Morgan fingerprint density at radius 3 is 1.80 bits per heavy atom. The van der Waals surface area contributed by atoms with Crippen molar-refractivity contribution in [1.82, 2.24) is 0 Å². The van der Waals surface area contributed by atoms with Gasteiger partial charge in [-0.05, 0) is 22.5 Å². The van der Waals surface area contributed by atoms with E-state index in [-0.39, 0.29) is 0 Å². The lowest BCUT2D eigenvalue weighted by Gasteiger charge is -2.25. The zero-order valence-electron chi connectivity index (χ0n) is 8.62. The third-order valence-electron chi connectivity index (χ3n) is 2.93. The van der Waals surface area contributed by atoms with Crippen LogP contribution in [0.3, 0.4) is 0 Å². The molecule has 1 N–H and O–H groups in total. The Balaban J connectivity index is 2.20. The second-order valence-corrected chi connectivity index (χ2v) is 6.17. The van der Waals surface area contributed by atoms with Crippen molar-refractivity contribution in [1.29, 1.82) is 0 Å². The van der Waals surface area contributed by atoms with E-state index < -0.39 is 8.80 Å². The number of para-hydroxylation sites is 2. The Hall–Kier alpha value is -1.54. The number of anilines is 2. The summed E-state index contributed by atoms with van der Waals surface area (Å²) in [6, 6.07) is 17.3. The van der Waals surface area contributed by atoms with Crippen LogP contribution in [0.2, 0.25) is 6.55 Å². The first kappa shape index (κ1) is 8.74. The Kier molecular flexibility index (Phi) is 1.89. The van der Waals surface area contributed by atoms with Crippen molar-refractivity contribution in [3.63, 3.8) is 0 Å². The average Bonchev–Trinajstić information content (AvgIpc) is 2.30. The van der Waals surface area contributed by atoms with E-state index in [0.29, 0.717) is 0 Å². The molecule has 1 radical (unpaired) electrons. The SMILES string of the molecule is C[Si]1c2ccccc2Nc2ccccc21. The van der Waals surface area contributed by atoms with Gasteiger partial charge in [0.1, 0.15) is 8.80 Å². The van der Waals surface area contributed by atoms with Crippen molar-refractivity contribution in [2.75, 3.05) is 5.32 Å². The van der Waals surface area contributed by atoms with Gasteiger partial charge in [0.2, 0.25) is 0 Å². The van der Waals surface area contributed by atoms with Crippen molar-refractivity contribution < 1.29 is 0 Å². The van der Waals surface area contributed by atoms with Crippen LogP contribution < -0.4 is 15.7 Å². The molecule has 0 spiro atoms. The van der Waals surface area contributed by atoms with E-state index in [1.54, 1.807) is 0 Å². The zero-order valence-corrected chi connectivity index (χ0v) is 9.62. The summed E-state index contributed by atoms with van der Waals surface area (Å²) in [5, 5.41) is 6.47. The molecule has 15 heavy (non-hydrogen) atoms. The topological polar surface area (TPSA) is 12.0 Å². The van der Waals surface area contributed by atoms with E-state index in [4.69, 9.17) is 0 Å². The lowest BCUT2D eigenvalue weighted by molar-refractivity contribution is 1.56. The largest absolute Gasteiger partial charge is 0.356 e. The van der Waals surface area contributed by atoms with Gasteiger partial charge in [0.25, 0.3) is 0 Å². The first-order valence-corrected chi connectivity index (χ1v) is 7.15. The highest BCUT2D eigenvalue weighted by Gasteiger charge is 2.22. The molecule has 0 unspecified atom stereocenters. The first-order valence-electron chi connectivity index (χ1n) is 5.15. The van der Waals surface area contributed by atoms with Gasteiger partial charge in [-0.15, -0.1) is 0 Å². The maximum atomic E-state index is 3.50. The van der Waals surface area contributed by atoms with Gasteiger partial charge in [0.05, 0.1) is 0 Å². The molecular formula is C13H12NSi. The summed E-state index contributed by atoms with van der Waals surface area (Å²) in [6.45, 7) is 2.36. The summed E-state index contributed by atoms with van der Waals surface area (Å²) in [5.74, 6) is 0. The third kappa shape index (κ3) is 1.29. The molecule has 0 bridgehead atoms. The molecule has 0 aliphatic carbocycles. The molecule has 0 fully saturated rings. The van der Waals surface area contributed by atoms with Crippen LogP contribution in [0.1, 0.15) is 0 Å². The highest BCUT2D eigenvalue weighted by atomic mass is 28.3. The van der Waals surface area contributed by atoms with E-state index in [1.165, 1.54) is 21.7 Å². The lowest BCUT2D eigenvalue weighted by atomic mass is 10.2. The van der Waals surface area contributed by atoms with Crippen LogP contribution >= 0.6 is 0 Å². The van der Waals surface area contributed by atoms with Gasteiger partial charge in [-0.25, -0.2) is 0 Å². The zero-order chi connectivity index (χ0) is 10.3. The summed E-state index contributed by atoms with van der Waals surface area (Å²) in [6.07, 6.45) is 0. The number of benzene rings is 2. The molecule has 0 aromatic heterocycles. The Morgan fingerprint density at radius 2 is 1.27 bits per heavy atom. The Morgan fingerprint density at radius 1 is 0.800 bits per heavy atom. The maximum Gasteiger partial charge on any atom is 0.123 e. The van der Waals surface area contributed by atoms with Gasteiger partial charge in [-0.2, -0.15) is 0 Å². The van der Waals surface area contributed by atoms with Crippen LogP contribution in [-0.2, 0) is 0 Å². The van der Waals surface area contributed by atoms with Gasteiger partial charge in [0.15, 0.2) is 0 Å². The van der Waals surface area contributed by atoms with Gasteiger partial charge < -0.3 is 5.32 Å². The van der Waals surface area contributed by atoms with Crippen molar-refractivity contribution in [3.8, 4) is 0 Å². The van der Waals surface area contributed by atoms with Crippen molar-refractivity contribution in [2.45, 2.75) is 6.55 Å². The standard InChI is InChI=1S/C13H12NSi/c1-15-12-8-4-2-6-10(12)14-11-7-3-5-9-13(11)15/h2-9,14H,1H3. The van der Waals surface area contributed by atoms with Crippen LogP contribution in [0.25, 0.3) is 0 Å². The minimum Gasteiger partial charge on any atom is -0.356 e. The summed E-state index contributed by atoms with van der Waals surface area (Å²) in [4.78, 5) is 0. The minimum absolute atomic E-state index is 0.569. The normalized spacial score (nSPS) is 13.9. The summed E-state index contributed by atoms with van der Waals surface area (Å²) in [7, 11) is -0.569. The van der Waals surface area contributed by atoms with E-state index >= 15 is 0 Å². The van der Waals surface area contributed by atoms with Gasteiger partial charge >= 0.3 is 0 Å². The van der Waals surface area contributed by atoms with E-state index in [0.717, 1.165) is 0 Å². The fourth-order valence-electron chi connectivity index (χ4n) is 2.13. The fourth-order valence-corrected chi connectivity index (χ4v) is 4.21. The number of rotatable bonds is 0. The smallest absolute Gasteiger partial charge is 0.123 e. The fraction of sp³-hybridized carbons (Fsp3) is 0.0769. The molecule has 0 saturated carbocycles. The second kappa shape index (κ2) is 3.24. The molecule has 2 aromatic rings. The van der Waals surface area contributed by atoms with E-state index in [1.807, 2.05) is 0 Å². The predicted molar refractivity (Wildman–Crippen MR) is 67.1 cm³/mol. The molecule has 73 valence electrons. The quantitative estimate of drug-likeness (QED) is 0.656. The highest BCUT2D eigenvalue weighted by Crippen LogP contribution is 2.18. The predicted octanol–water partition coefficient (Wildman–Crippen LogP) is 1.98. The van der Waals surface area contributed by atoms with Gasteiger partial charge in [0, 0.05) is 11.4 Å². The van der Waals surface area contributed by atoms with Gasteiger partial charge in [-0.3, -0.25) is 0 Å². The summed E-state index contributed by atoms with van der Waals surface area (Å²) in [5.41, 5.74) is 2.57. The molecule has 1 aliphatic heterocycles. The first-order chi connectivity index (χ1) is 7.36. The molecule has 1 aliphatic rings. The van der Waals surface area contributed by atoms with Crippen molar-refractivity contribution in [2.24, 2.45) is 0 Å². The average molecular weight is 210 g/mol. The number of nitrogens with one attached hydrogen (secondary N) is 1. The van der Waals surface area contributed by atoms with Crippen molar-refractivity contribution >= 4 is 30.5 Å². The molecule has 2 aromatic carbocycles. The monoisotopic (exact) mass is 210 g/mol. The van der Waals surface area contributed by atoms with Crippen LogP contribution in [0.15, 0.2) is 48.5 Å². The van der Waals surface area contributed by atoms with Gasteiger partial charge in [-0.1, -0.05) is 42.9 Å². The maximum absolute atomic E-state index is 3.50. The number of hydrogen-bond acceptors (Lipinski definition) is 1. The Labute approximate surface area is 91.4 Å². The molecule has 1 heterocycles. The lowest BCUT2D eigenvalue weighted by Crippen LogP contribution is -2.45. The van der Waals surface area contributed by atoms with Crippen LogP contribution in [0.5, 0.6) is 0 Å². The molecule has 0 amide bonds. The number of hydrogen-bond donors (Lipinski definition) is 1. The van der Waals surface area contributed by atoms with Crippen LogP contribution in [0.4, 0.5) is 11.4 Å². The molecular weight excluding hydrogens is 198 g/mol. The van der Waals surface area contributed by atoms with E-state index in [2.05, 4.69) is 60.4 Å². The third-order valence-corrected chi connectivity index (χ3v) is 5.42. The van der Waals surface area contributed by atoms with E-state index in [9.17, 15) is 0 Å². The molecule has 1 nitrogen and oxygen atoms in total.